The Morgan fingerprint density at radius 1 is 0.941 bits per heavy atom. The number of ether oxygens (including phenoxy) is 4. The number of pyridine rings is 1. The lowest BCUT2D eigenvalue weighted by molar-refractivity contribution is 0.190. The zero-order chi connectivity index (χ0) is 24.4. The number of para-hydroxylation sites is 1. The monoisotopic (exact) mass is 465 g/mol. The van der Waals surface area contributed by atoms with E-state index in [9.17, 15) is 9.59 Å². The second-order valence-electron chi connectivity index (χ2n) is 7.76. The van der Waals surface area contributed by atoms with Crippen LogP contribution >= 0.6 is 0 Å². The summed E-state index contributed by atoms with van der Waals surface area (Å²) in [7, 11) is 7.97. The zero-order valence-corrected chi connectivity index (χ0v) is 19.9. The highest BCUT2D eigenvalue weighted by atomic mass is 16.5. The highest BCUT2D eigenvalue weighted by Crippen LogP contribution is 2.40. The van der Waals surface area contributed by atoms with Crippen LogP contribution in [0, 0.1) is 0 Å². The van der Waals surface area contributed by atoms with Crippen LogP contribution in [0.25, 0.3) is 33.3 Å². The maximum absolute atomic E-state index is 13.7. The van der Waals surface area contributed by atoms with E-state index in [1.54, 1.807) is 43.0 Å². The molecule has 0 fully saturated rings. The van der Waals surface area contributed by atoms with Crippen LogP contribution < -0.4 is 25.2 Å². The predicted octanol–water partition coefficient (Wildman–Crippen LogP) is 2.98. The maximum Gasteiger partial charge on any atom is 0.267 e. The first-order chi connectivity index (χ1) is 16.5. The normalized spacial score (nSPS) is 11.2. The lowest BCUT2D eigenvalue weighted by Crippen LogP contribution is -2.29. The maximum atomic E-state index is 13.7. The highest BCUT2D eigenvalue weighted by molar-refractivity contribution is 5.92. The number of hydrogen-bond acceptors (Lipinski definition) is 7. The molecule has 9 nitrogen and oxygen atoms in total. The molecular weight excluding hydrogens is 438 g/mol. The molecule has 4 rings (SSSR count). The Balaban J connectivity index is 2.11. The van der Waals surface area contributed by atoms with Crippen LogP contribution in [0.1, 0.15) is 6.42 Å². The minimum atomic E-state index is -0.406. The van der Waals surface area contributed by atoms with Crippen LogP contribution in [-0.4, -0.2) is 49.2 Å². The number of fused-ring (bicyclic) bond motifs is 2. The Morgan fingerprint density at radius 2 is 1.62 bits per heavy atom. The van der Waals surface area contributed by atoms with Crippen molar-refractivity contribution < 1.29 is 18.9 Å². The molecular formula is C25H27N3O6. The third-order valence-electron chi connectivity index (χ3n) is 5.86. The number of nitrogens with zero attached hydrogens (tertiary/aromatic N) is 3. The fourth-order valence-corrected chi connectivity index (χ4v) is 4.20. The number of methoxy groups -OCH3 is 4. The Morgan fingerprint density at radius 3 is 2.24 bits per heavy atom. The third kappa shape index (κ3) is 3.77. The van der Waals surface area contributed by atoms with Gasteiger partial charge in [0.05, 0.1) is 26.8 Å². The van der Waals surface area contributed by atoms with E-state index in [1.165, 1.54) is 25.9 Å². The van der Waals surface area contributed by atoms with Crippen molar-refractivity contribution in [2.45, 2.75) is 13.0 Å². The molecule has 0 aliphatic carbocycles. The van der Waals surface area contributed by atoms with Crippen molar-refractivity contribution in [1.29, 1.82) is 0 Å². The van der Waals surface area contributed by atoms with Gasteiger partial charge in [-0.3, -0.25) is 14.2 Å². The molecule has 9 heteroatoms. The first-order valence-electron chi connectivity index (χ1n) is 10.8. The molecule has 0 aliphatic rings. The van der Waals surface area contributed by atoms with E-state index in [-0.39, 0.29) is 10.8 Å². The summed E-state index contributed by atoms with van der Waals surface area (Å²) < 4.78 is 24.9. The van der Waals surface area contributed by atoms with E-state index in [4.69, 9.17) is 23.9 Å². The molecule has 0 spiro atoms. The van der Waals surface area contributed by atoms with Crippen LogP contribution in [0.3, 0.4) is 0 Å². The average molecular weight is 466 g/mol. The minimum Gasteiger partial charge on any atom is -0.493 e. The largest absolute Gasteiger partial charge is 0.493 e. The Labute approximate surface area is 196 Å². The minimum absolute atomic E-state index is 0.0507. The SMILES string of the molecule is COCCCn1c(-c2cc(OC)c(OC)c(OC)c2)nc2c(c(=O)c3ccccc3n2C)c1=O. The van der Waals surface area contributed by atoms with Crippen LogP contribution in [0.4, 0.5) is 0 Å². The van der Waals surface area contributed by atoms with Gasteiger partial charge in [0.2, 0.25) is 11.2 Å². The van der Waals surface area contributed by atoms with Crippen LogP contribution in [-0.2, 0) is 18.3 Å². The van der Waals surface area contributed by atoms with Gasteiger partial charge in [-0.05, 0) is 30.7 Å². The fourth-order valence-electron chi connectivity index (χ4n) is 4.20. The van der Waals surface area contributed by atoms with Crippen molar-refractivity contribution in [2.75, 3.05) is 35.0 Å². The predicted molar refractivity (Wildman–Crippen MR) is 130 cm³/mol. The molecule has 0 radical (unpaired) electrons. The lowest BCUT2D eigenvalue weighted by atomic mass is 10.1. The number of benzene rings is 2. The van der Waals surface area contributed by atoms with Gasteiger partial charge < -0.3 is 23.5 Å². The van der Waals surface area contributed by atoms with Gasteiger partial charge in [-0.25, -0.2) is 4.98 Å². The van der Waals surface area contributed by atoms with E-state index in [0.29, 0.717) is 64.8 Å². The van der Waals surface area contributed by atoms with Crippen molar-refractivity contribution >= 4 is 21.9 Å². The van der Waals surface area contributed by atoms with Gasteiger partial charge in [0.25, 0.3) is 5.56 Å². The first-order valence-corrected chi connectivity index (χ1v) is 10.8. The molecule has 0 aliphatic heterocycles. The van der Waals surface area contributed by atoms with E-state index in [2.05, 4.69) is 0 Å². The van der Waals surface area contributed by atoms with Gasteiger partial charge in [0.1, 0.15) is 11.2 Å². The number of rotatable bonds is 8. The van der Waals surface area contributed by atoms with Gasteiger partial charge in [0, 0.05) is 38.3 Å². The fraction of sp³-hybridized carbons (Fsp3) is 0.320. The third-order valence-corrected chi connectivity index (χ3v) is 5.86. The van der Waals surface area contributed by atoms with Gasteiger partial charge in [-0.2, -0.15) is 0 Å². The highest BCUT2D eigenvalue weighted by Gasteiger charge is 2.22. The molecule has 2 aromatic carbocycles. The summed E-state index contributed by atoms with van der Waals surface area (Å²) >= 11 is 0. The summed E-state index contributed by atoms with van der Waals surface area (Å²) in [5.74, 6) is 1.68. The average Bonchev–Trinajstić information content (AvgIpc) is 2.87. The van der Waals surface area contributed by atoms with Crippen molar-refractivity contribution in [2.24, 2.45) is 7.05 Å². The smallest absolute Gasteiger partial charge is 0.267 e. The molecule has 0 saturated heterocycles. The van der Waals surface area contributed by atoms with Crippen molar-refractivity contribution in [3.05, 3.63) is 57.0 Å². The Hall–Kier alpha value is -3.85. The molecule has 2 aromatic heterocycles. The molecule has 178 valence electrons. The summed E-state index contributed by atoms with van der Waals surface area (Å²) in [5, 5.41) is 0.523. The Kier molecular flexibility index (Phi) is 6.56. The van der Waals surface area contributed by atoms with Gasteiger partial charge >= 0.3 is 0 Å². The van der Waals surface area contributed by atoms with Crippen LogP contribution in [0.15, 0.2) is 46.0 Å². The summed E-state index contributed by atoms with van der Waals surface area (Å²) in [6.45, 7) is 0.770. The van der Waals surface area contributed by atoms with Crippen LogP contribution in [0.5, 0.6) is 17.2 Å². The molecule has 0 amide bonds. The second kappa shape index (κ2) is 9.56. The van der Waals surface area contributed by atoms with Crippen LogP contribution in [0.2, 0.25) is 0 Å². The number of hydrogen-bond donors (Lipinski definition) is 0. The first kappa shape index (κ1) is 23.3. The van der Waals surface area contributed by atoms with Crippen molar-refractivity contribution in [1.82, 2.24) is 14.1 Å². The zero-order valence-electron chi connectivity index (χ0n) is 19.9. The Bertz CT molecular complexity index is 1460. The van der Waals surface area contributed by atoms with E-state index >= 15 is 0 Å². The summed E-state index contributed by atoms with van der Waals surface area (Å²) in [6.07, 6.45) is 0.564. The molecule has 0 bridgehead atoms. The van der Waals surface area contributed by atoms with Crippen molar-refractivity contribution in [3.63, 3.8) is 0 Å². The van der Waals surface area contributed by atoms with Gasteiger partial charge in [-0.15, -0.1) is 0 Å². The molecule has 4 aromatic rings. The molecule has 0 atom stereocenters. The quantitative estimate of drug-likeness (QED) is 0.292. The standard InChI is InChI=1S/C25H27N3O6/c1-27-17-10-7-6-9-16(17)21(29)20-24(27)26-23(28(25(20)30)11-8-12-31-2)15-13-18(32-3)22(34-5)19(14-15)33-4/h6-7,9-10,13-14H,8,11-12H2,1-5H3. The molecule has 2 heterocycles. The summed E-state index contributed by atoms with van der Waals surface area (Å²) in [6, 6.07) is 10.7. The molecule has 0 unspecified atom stereocenters. The van der Waals surface area contributed by atoms with Crippen molar-refractivity contribution in [3.8, 4) is 28.6 Å². The van der Waals surface area contributed by atoms with E-state index in [1.807, 2.05) is 12.1 Å². The van der Waals surface area contributed by atoms with Gasteiger partial charge in [0.15, 0.2) is 17.1 Å². The molecule has 34 heavy (non-hydrogen) atoms. The summed E-state index contributed by atoms with van der Waals surface area (Å²) in [5.41, 5.74) is 0.848. The second-order valence-corrected chi connectivity index (χ2v) is 7.76. The topological polar surface area (TPSA) is 93.8 Å². The number of aromatic nitrogens is 3. The molecule has 0 saturated carbocycles. The van der Waals surface area contributed by atoms with E-state index < -0.39 is 5.56 Å². The lowest BCUT2D eigenvalue weighted by Gasteiger charge is -2.18. The molecule has 0 N–H and O–H groups in total. The summed E-state index contributed by atoms with van der Waals surface area (Å²) in [4.78, 5) is 31.9. The van der Waals surface area contributed by atoms with E-state index in [0.717, 1.165) is 0 Å². The van der Waals surface area contributed by atoms with Gasteiger partial charge in [-0.1, -0.05) is 12.1 Å². The number of aryl methyl sites for hydroxylation is 1.